The number of rotatable bonds is 7. The average molecular weight is 274 g/mol. The predicted octanol–water partition coefficient (Wildman–Crippen LogP) is 2.37. The molecule has 0 aliphatic rings. The first-order valence-electron chi connectivity index (χ1n) is 4.06. The second-order valence-corrected chi connectivity index (χ2v) is 5.47. The van der Waals surface area contributed by atoms with Crippen molar-refractivity contribution in [1.29, 1.82) is 0 Å². The van der Waals surface area contributed by atoms with E-state index in [1.54, 1.807) is 0 Å². The van der Waals surface area contributed by atoms with Gasteiger partial charge in [0, 0.05) is 0 Å². The lowest BCUT2D eigenvalue weighted by Gasteiger charge is -2.32. The normalized spacial score (nSPS) is 12.8. The van der Waals surface area contributed by atoms with E-state index in [-0.39, 0.29) is 12.8 Å². The Morgan fingerprint density at radius 1 is 1.27 bits per heavy atom. The molecule has 0 saturated heterocycles. The van der Waals surface area contributed by atoms with Crippen molar-refractivity contribution in [2.75, 3.05) is 5.75 Å². The molecule has 0 bridgehead atoms. The summed E-state index contributed by atoms with van der Waals surface area (Å²) < 4.78 is 31.2. The molecule has 0 saturated carbocycles. The molecule has 0 aromatic heterocycles. The van der Waals surface area contributed by atoms with Crippen molar-refractivity contribution in [3.05, 3.63) is 25.3 Å². The van der Waals surface area contributed by atoms with Crippen LogP contribution in [0.25, 0.3) is 0 Å². The lowest BCUT2D eigenvalue weighted by atomic mass is 9.95. The van der Waals surface area contributed by atoms with Crippen molar-refractivity contribution in [3.8, 4) is 0 Å². The van der Waals surface area contributed by atoms with Crippen LogP contribution in [0.15, 0.2) is 25.3 Å². The lowest BCUT2D eigenvalue weighted by molar-refractivity contribution is 0.318. The minimum atomic E-state index is -4.18. The Kier molecular flexibility index (Phi) is 5.84. The maximum absolute atomic E-state index is 10.8. The summed E-state index contributed by atoms with van der Waals surface area (Å²) in [6.07, 6.45) is 3.39. The predicted molar refractivity (Wildman–Crippen MR) is 62.3 cm³/mol. The molecule has 0 amide bonds. The van der Waals surface area contributed by atoms with Crippen LogP contribution < -0.4 is 0 Å². The van der Waals surface area contributed by atoms with Crippen LogP contribution in [-0.2, 0) is 10.1 Å². The van der Waals surface area contributed by atoms with Crippen molar-refractivity contribution in [3.63, 3.8) is 0 Å². The van der Waals surface area contributed by atoms with Gasteiger partial charge in [-0.25, -0.2) is 0 Å². The Bertz CT molecular complexity index is 317. The Labute approximate surface area is 100 Å². The minimum Gasteiger partial charge on any atom is -0.285 e. The van der Waals surface area contributed by atoms with Crippen LogP contribution in [0.4, 0.5) is 0 Å². The molecular formula is C8H13Cl2NO3S. The van der Waals surface area contributed by atoms with E-state index in [0.29, 0.717) is 0 Å². The van der Waals surface area contributed by atoms with Crippen molar-refractivity contribution >= 4 is 33.7 Å². The zero-order valence-corrected chi connectivity index (χ0v) is 10.4. The Hall–Kier alpha value is -0.0700. The molecule has 4 nitrogen and oxygen atoms in total. The van der Waals surface area contributed by atoms with Gasteiger partial charge in [0.1, 0.15) is 0 Å². The third kappa shape index (κ3) is 4.99. The Morgan fingerprint density at radius 3 is 1.87 bits per heavy atom. The van der Waals surface area contributed by atoms with Crippen LogP contribution in [0.3, 0.4) is 0 Å². The molecule has 0 atom stereocenters. The number of halogens is 2. The molecule has 0 unspecified atom stereocenters. The van der Waals surface area contributed by atoms with Gasteiger partial charge in [0.2, 0.25) is 0 Å². The zero-order chi connectivity index (χ0) is 12.1. The monoisotopic (exact) mass is 273 g/mol. The molecule has 88 valence electrons. The zero-order valence-electron chi connectivity index (χ0n) is 8.07. The van der Waals surface area contributed by atoms with E-state index < -0.39 is 21.4 Å². The van der Waals surface area contributed by atoms with Crippen LogP contribution in [-0.4, -0.2) is 28.2 Å². The summed E-state index contributed by atoms with van der Waals surface area (Å²) in [7, 11) is -4.18. The summed E-state index contributed by atoms with van der Waals surface area (Å²) in [6, 6.07) is 0. The van der Waals surface area contributed by atoms with Crippen molar-refractivity contribution < 1.29 is 13.0 Å². The van der Waals surface area contributed by atoms with Gasteiger partial charge in [0.15, 0.2) is 0 Å². The van der Waals surface area contributed by atoms with Gasteiger partial charge in [-0.3, -0.25) is 4.55 Å². The standard InChI is InChI=1S/C8H13Cl2NO3S/c1-3-5-8(6-4-2,11(9)10)7-15(12,13)14/h3-4H,1-2,5-7H2,(H,12,13,14). The SMILES string of the molecule is C=CCC(CC=C)(CS(=O)(=O)O)N(Cl)Cl. The van der Waals surface area contributed by atoms with Gasteiger partial charge in [-0.1, -0.05) is 12.2 Å². The van der Waals surface area contributed by atoms with E-state index in [4.69, 9.17) is 28.1 Å². The van der Waals surface area contributed by atoms with Crippen LogP contribution in [0, 0.1) is 0 Å². The first-order valence-corrected chi connectivity index (χ1v) is 6.35. The van der Waals surface area contributed by atoms with E-state index in [0.717, 1.165) is 3.94 Å². The molecule has 0 radical (unpaired) electrons. The molecule has 0 rings (SSSR count). The summed E-state index contributed by atoms with van der Waals surface area (Å²) >= 11 is 11.2. The Morgan fingerprint density at radius 2 is 1.67 bits per heavy atom. The summed E-state index contributed by atoms with van der Waals surface area (Å²) in [5.41, 5.74) is -1.12. The molecule has 0 aromatic carbocycles. The molecule has 7 heteroatoms. The highest BCUT2D eigenvalue weighted by Gasteiger charge is 2.38. The quantitative estimate of drug-likeness (QED) is 0.440. The Balaban J connectivity index is 5.10. The number of nitrogens with zero attached hydrogens (tertiary/aromatic N) is 1. The van der Waals surface area contributed by atoms with Gasteiger partial charge in [-0.2, -0.15) is 8.42 Å². The van der Waals surface area contributed by atoms with Gasteiger partial charge in [0.05, 0.1) is 11.3 Å². The number of hydrogen-bond donors (Lipinski definition) is 1. The molecule has 0 aliphatic carbocycles. The van der Waals surface area contributed by atoms with E-state index in [1.165, 1.54) is 12.2 Å². The van der Waals surface area contributed by atoms with Crippen LogP contribution in [0.2, 0.25) is 0 Å². The van der Waals surface area contributed by atoms with Crippen molar-refractivity contribution in [2.24, 2.45) is 0 Å². The fourth-order valence-corrected chi connectivity index (χ4v) is 2.85. The van der Waals surface area contributed by atoms with Gasteiger partial charge in [-0.15, -0.1) is 17.1 Å². The van der Waals surface area contributed by atoms with Crippen LogP contribution >= 0.6 is 23.6 Å². The maximum Gasteiger partial charge on any atom is 0.266 e. The maximum atomic E-state index is 10.8. The minimum absolute atomic E-state index is 0.214. The molecule has 15 heavy (non-hydrogen) atoms. The first kappa shape index (κ1) is 14.9. The van der Waals surface area contributed by atoms with E-state index >= 15 is 0 Å². The topological polar surface area (TPSA) is 57.6 Å². The molecular weight excluding hydrogens is 261 g/mol. The summed E-state index contributed by atoms with van der Waals surface area (Å²) in [6.45, 7) is 6.97. The lowest BCUT2D eigenvalue weighted by Crippen LogP contribution is -2.44. The second-order valence-electron chi connectivity index (χ2n) is 3.17. The van der Waals surface area contributed by atoms with Crippen LogP contribution in [0.1, 0.15) is 12.8 Å². The van der Waals surface area contributed by atoms with E-state index in [9.17, 15) is 8.42 Å². The summed E-state index contributed by atoms with van der Waals surface area (Å²) in [5.74, 6) is -0.578. The smallest absolute Gasteiger partial charge is 0.266 e. The summed E-state index contributed by atoms with van der Waals surface area (Å²) in [4.78, 5) is 0. The average Bonchev–Trinajstić information content (AvgIpc) is 2.01. The third-order valence-corrected chi connectivity index (χ3v) is 3.48. The highest BCUT2D eigenvalue weighted by atomic mass is 35.5. The van der Waals surface area contributed by atoms with Crippen LogP contribution in [0.5, 0.6) is 0 Å². The fourth-order valence-electron chi connectivity index (χ4n) is 1.26. The van der Waals surface area contributed by atoms with Gasteiger partial charge >= 0.3 is 0 Å². The number of hydrogen-bond acceptors (Lipinski definition) is 3. The van der Waals surface area contributed by atoms with Gasteiger partial charge in [0.25, 0.3) is 10.1 Å². The van der Waals surface area contributed by atoms with Crippen molar-refractivity contribution in [2.45, 2.75) is 18.4 Å². The van der Waals surface area contributed by atoms with Gasteiger partial charge in [-0.05, 0) is 36.4 Å². The van der Waals surface area contributed by atoms with E-state index in [1.807, 2.05) is 0 Å². The molecule has 0 aromatic rings. The molecule has 0 spiro atoms. The highest BCUT2D eigenvalue weighted by molar-refractivity contribution is 7.85. The summed E-state index contributed by atoms with van der Waals surface area (Å²) in [5, 5.41) is 0. The largest absolute Gasteiger partial charge is 0.285 e. The molecule has 0 aliphatic heterocycles. The third-order valence-electron chi connectivity index (χ3n) is 1.86. The second kappa shape index (κ2) is 5.86. The van der Waals surface area contributed by atoms with Crippen molar-refractivity contribution in [1.82, 2.24) is 3.94 Å². The highest BCUT2D eigenvalue weighted by Crippen LogP contribution is 2.30. The molecule has 0 heterocycles. The molecule has 0 fully saturated rings. The van der Waals surface area contributed by atoms with Gasteiger partial charge < -0.3 is 0 Å². The fraction of sp³-hybridized carbons (Fsp3) is 0.500. The van der Waals surface area contributed by atoms with E-state index in [2.05, 4.69) is 13.2 Å². The first-order chi connectivity index (χ1) is 6.77. The molecule has 1 N–H and O–H groups in total.